The van der Waals surface area contributed by atoms with E-state index in [1.165, 1.54) is 12.8 Å². The molecule has 2 unspecified atom stereocenters. The molecule has 1 aliphatic carbocycles. The summed E-state index contributed by atoms with van der Waals surface area (Å²) in [5.74, 6) is 1.01. The molecule has 0 aromatic heterocycles. The van der Waals surface area contributed by atoms with E-state index in [0.717, 1.165) is 22.4 Å². The fraction of sp³-hybridized carbons (Fsp3) is 0.562. The predicted molar refractivity (Wildman–Crippen MR) is 85.4 cm³/mol. The number of aliphatic carboxylic acids is 1. The monoisotopic (exact) mass is 369 g/mol. The van der Waals surface area contributed by atoms with E-state index < -0.39 is 5.97 Å². The third kappa shape index (κ3) is 3.38. The van der Waals surface area contributed by atoms with E-state index in [1.54, 1.807) is 7.11 Å². The molecule has 5 nitrogen and oxygen atoms in total. The highest BCUT2D eigenvalue weighted by atomic mass is 79.9. The molecular weight excluding hydrogens is 350 g/mol. The van der Waals surface area contributed by atoms with Crippen LogP contribution in [0.5, 0.6) is 11.5 Å². The molecule has 3 rings (SSSR count). The SMILES string of the molecule is COc1cc(C2CC(C(=O)O)CN2)cc(Br)c1OCC1CC1. The lowest BCUT2D eigenvalue weighted by molar-refractivity contribution is -0.141. The fourth-order valence-corrected chi connectivity index (χ4v) is 3.32. The van der Waals surface area contributed by atoms with Gasteiger partial charge in [0.05, 0.1) is 24.1 Å². The molecule has 0 bridgehead atoms. The maximum atomic E-state index is 11.1. The molecule has 6 heteroatoms. The summed E-state index contributed by atoms with van der Waals surface area (Å²) in [5, 5.41) is 12.4. The summed E-state index contributed by atoms with van der Waals surface area (Å²) in [5.41, 5.74) is 1.02. The van der Waals surface area contributed by atoms with Gasteiger partial charge in [-0.05, 0) is 58.8 Å². The Morgan fingerprint density at radius 3 is 2.82 bits per heavy atom. The van der Waals surface area contributed by atoms with Crippen LogP contribution in [-0.4, -0.2) is 31.3 Å². The van der Waals surface area contributed by atoms with Crippen LogP contribution in [0.2, 0.25) is 0 Å². The lowest BCUT2D eigenvalue weighted by atomic mass is 10.00. The maximum Gasteiger partial charge on any atom is 0.307 e. The molecule has 1 heterocycles. The molecule has 2 atom stereocenters. The predicted octanol–water partition coefficient (Wildman–Crippen LogP) is 2.98. The second-order valence-electron chi connectivity index (χ2n) is 6.02. The number of carboxylic acids is 1. The minimum absolute atomic E-state index is 0.0313. The third-order valence-electron chi connectivity index (χ3n) is 4.29. The van der Waals surface area contributed by atoms with Crippen LogP contribution in [0.1, 0.15) is 30.9 Å². The first kappa shape index (κ1) is 15.6. The van der Waals surface area contributed by atoms with Crippen LogP contribution < -0.4 is 14.8 Å². The number of halogens is 1. The zero-order valence-corrected chi connectivity index (χ0v) is 14.1. The Morgan fingerprint density at radius 1 is 1.45 bits per heavy atom. The summed E-state index contributed by atoms with van der Waals surface area (Å²) in [6.45, 7) is 1.22. The van der Waals surface area contributed by atoms with E-state index in [0.29, 0.717) is 24.6 Å². The first-order chi connectivity index (χ1) is 10.6. The standard InChI is InChI=1S/C16H20BrNO4/c1-21-14-6-10(13-5-11(7-18-13)16(19)20)4-12(17)15(14)22-8-9-2-3-9/h4,6,9,11,13,18H,2-3,5,7-8H2,1H3,(H,19,20). The Morgan fingerprint density at radius 2 is 2.23 bits per heavy atom. The number of benzene rings is 1. The van der Waals surface area contributed by atoms with E-state index in [1.807, 2.05) is 12.1 Å². The first-order valence-electron chi connectivity index (χ1n) is 7.55. The van der Waals surface area contributed by atoms with E-state index >= 15 is 0 Å². The van der Waals surface area contributed by atoms with Crippen molar-refractivity contribution in [1.82, 2.24) is 5.32 Å². The number of hydrogen-bond acceptors (Lipinski definition) is 4. The van der Waals surface area contributed by atoms with Gasteiger partial charge in [-0.2, -0.15) is 0 Å². The Hall–Kier alpha value is -1.27. The number of hydrogen-bond donors (Lipinski definition) is 2. The Labute approximate surface area is 138 Å². The average Bonchev–Trinajstić information content (AvgIpc) is 3.18. The van der Waals surface area contributed by atoms with Crippen molar-refractivity contribution in [3.63, 3.8) is 0 Å². The van der Waals surface area contributed by atoms with E-state index in [9.17, 15) is 4.79 Å². The lowest BCUT2D eigenvalue weighted by Crippen LogP contribution is -2.17. The van der Waals surface area contributed by atoms with Crippen molar-refractivity contribution in [2.24, 2.45) is 11.8 Å². The van der Waals surface area contributed by atoms with Crippen LogP contribution in [0.15, 0.2) is 16.6 Å². The van der Waals surface area contributed by atoms with E-state index in [2.05, 4.69) is 21.2 Å². The molecule has 2 aliphatic rings. The molecule has 1 aromatic carbocycles. The topological polar surface area (TPSA) is 67.8 Å². The molecule has 0 spiro atoms. The lowest BCUT2D eigenvalue weighted by Gasteiger charge is -2.17. The van der Waals surface area contributed by atoms with E-state index in [4.69, 9.17) is 14.6 Å². The second kappa shape index (κ2) is 6.46. The van der Waals surface area contributed by atoms with Gasteiger partial charge in [-0.3, -0.25) is 4.79 Å². The molecule has 1 saturated heterocycles. The minimum atomic E-state index is -0.745. The van der Waals surface area contributed by atoms with Gasteiger partial charge in [0.15, 0.2) is 11.5 Å². The minimum Gasteiger partial charge on any atom is -0.493 e. The van der Waals surface area contributed by atoms with Crippen LogP contribution in [0.3, 0.4) is 0 Å². The van der Waals surface area contributed by atoms with E-state index in [-0.39, 0.29) is 12.0 Å². The van der Waals surface area contributed by atoms with Crippen molar-refractivity contribution in [1.29, 1.82) is 0 Å². The molecular formula is C16H20BrNO4. The van der Waals surface area contributed by atoms with Gasteiger partial charge in [0, 0.05) is 12.6 Å². The molecule has 2 fully saturated rings. The number of nitrogens with one attached hydrogen (secondary N) is 1. The largest absolute Gasteiger partial charge is 0.493 e. The summed E-state index contributed by atoms with van der Waals surface area (Å²) in [6, 6.07) is 3.96. The highest BCUT2D eigenvalue weighted by molar-refractivity contribution is 9.10. The van der Waals surface area contributed by atoms with Crippen LogP contribution in [-0.2, 0) is 4.79 Å². The Bertz CT molecular complexity index is 574. The van der Waals surface area contributed by atoms with Crippen LogP contribution >= 0.6 is 15.9 Å². The van der Waals surface area contributed by atoms with Gasteiger partial charge in [0.1, 0.15) is 0 Å². The first-order valence-corrected chi connectivity index (χ1v) is 8.34. The molecule has 1 aromatic rings. The maximum absolute atomic E-state index is 11.1. The number of ether oxygens (including phenoxy) is 2. The zero-order chi connectivity index (χ0) is 15.7. The second-order valence-corrected chi connectivity index (χ2v) is 6.87. The highest BCUT2D eigenvalue weighted by Crippen LogP contribution is 2.41. The van der Waals surface area contributed by atoms with Crippen LogP contribution in [0.4, 0.5) is 0 Å². The molecule has 22 heavy (non-hydrogen) atoms. The summed E-state index contributed by atoms with van der Waals surface area (Å²) in [7, 11) is 1.62. The summed E-state index contributed by atoms with van der Waals surface area (Å²) in [4.78, 5) is 11.1. The normalized spacial score (nSPS) is 24.3. The van der Waals surface area contributed by atoms with Crippen molar-refractivity contribution < 1.29 is 19.4 Å². The number of carboxylic acid groups (broad SMARTS) is 1. The van der Waals surface area contributed by atoms with Crippen molar-refractivity contribution in [3.8, 4) is 11.5 Å². The zero-order valence-electron chi connectivity index (χ0n) is 12.5. The van der Waals surface area contributed by atoms with Crippen molar-refractivity contribution in [3.05, 3.63) is 22.2 Å². The smallest absolute Gasteiger partial charge is 0.307 e. The van der Waals surface area contributed by atoms with Gasteiger partial charge >= 0.3 is 5.97 Å². The number of methoxy groups -OCH3 is 1. The summed E-state index contributed by atoms with van der Waals surface area (Å²) in [6.07, 6.45) is 3.06. The fourth-order valence-electron chi connectivity index (χ4n) is 2.74. The van der Waals surface area contributed by atoms with Gasteiger partial charge < -0.3 is 19.9 Å². The third-order valence-corrected chi connectivity index (χ3v) is 4.88. The van der Waals surface area contributed by atoms with Gasteiger partial charge in [0.25, 0.3) is 0 Å². The molecule has 1 saturated carbocycles. The quantitative estimate of drug-likeness (QED) is 0.806. The number of rotatable bonds is 6. The van der Waals surface area contributed by atoms with Crippen molar-refractivity contribution >= 4 is 21.9 Å². The average molecular weight is 370 g/mol. The van der Waals surface area contributed by atoms with Gasteiger partial charge in [-0.1, -0.05) is 0 Å². The molecule has 120 valence electrons. The molecule has 2 N–H and O–H groups in total. The Kier molecular flexibility index (Phi) is 4.59. The number of carbonyl (C=O) groups is 1. The molecule has 0 radical (unpaired) electrons. The van der Waals surface area contributed by atoms with Gasteiger partial charge in [-0.15, -0.1) is 0 Å². The Balaban J connectivity index is 1.77. The molecule has 1 aliphatic heterocycles. The van der Waals surface area contributed by atoms with Crippen LogP contribution in [0, 0.1) is 11.8 Å². The summed E-state index contributed by atoms with van der Waals surface area (Å²) >= 11 is 3.55. The van der Waals surface area contributed by atoms with Crippen molar-refractivity contribution in [2.75, 3.05) is 20.3 Å². The molecule has 0 amide bonds. The van der Waals surface area contributed by atoms with Crippen LogP contribution in [0.25, 0.3) is 0 Å². The summed E-state index contributed by atoms with van der Waals surface area (Å²) < 4.78 is 12.2. The van der Waals surface area contributed by atoms with Gasteiger partial charge in [0.2, 0.25) is 0 Å². The highest BCUT2D eigenvalue weighted by Gasteiger charge is 2.31. The van der Waals surface area contributed by atoms with Gasteiger partial charge in [-0.25, -0.2) is 0 Å². The van der Waals surface area contributed by atoms with Crippen molar-refractivity contribution in [2.45, 2.75) is 25.3 Å².